The molecule has 7 nitrogen and oxygen atoms in total. The fourth-order valence-corrected chi connectivity index (χ4v) is 2.35. The number of nitrogens with one attached hydrogen (secondary N) is 2. The standard InChI is InChI=1S/C18H18N6O/c1-12-10-21-18(22-11-12)14-5-3-4-13(8-14)9-16(20)24-15(19)6-7-17(23-24)25-2/h3-8,10-11,19-20H,9H2,1-2H3. The zero-order valence-corrected chi connectivity index (χ0v) is 14.0. The van der Waals surface area contributed by atoms with E-state index in [0.717, 1.165) is 16.7 Å². The number of aromatic nitrogens is 4. The predicted molar refractivity (Wildman–Crippen MR) is 93.7 cm³/mol. The first-order valence-corrected chi connectivity index (χ1v) is 7.71. The van der Waals surface area contributed by atoms with Gasteiger partial charge in [0.1, 0.15) is 11.3 Å². The van der Waals surface area contributed by atoms with Gasteiger partial charge in [-0.1, -0.05) is 18.2 Å². The molecule has 3 rings (SSSR count). The van der Waals surface area contributed by atoms with E-state index in [1.165, 1.54) is 11.8 Å². The molecule has 0 radical (unpaired) electrons. The zero-order valence-electron chi connectivity index (χ0n) is 14.0. The topological polar surface area (TPSA) is 101 Å². The van der Waals surface area contributed by atoms with Crippen molar-refractivity contribution in [3.63, 3.8) is 0 Å². The molecule has 1 aromatic carbocycles. The molecule has 0 aliphatic carbocycles. The second-order valence-electron chi connectivity index (χ2n) is 5.58. The Bertz CT molecular complexity index is 962. The number of methoxy groups -OCH3 is 1. The van der Waals surface area contributed by atoms with Crippen LogP contribution in [0.15, 0.2) is 48.8 Å². The van der Waals surface area contributed by atoms with Gasteiger partial charge in [0.25, 0.3) is 0 Å². The summed E-state index contributed by atoms with van der Waals surface area (Å²) in [7, 11) is 1.50. The maximum Gasteiger partial charge on any atom is 0.231 e. The summed E-state index contributed by atoms with van der Waals surface area (Å²) in [5, 5.41) is 20.3. The summed E-state index contributed by atoms with van der Waals surface area (Å²) in [6, 6.07) is 10.9. The molecule has 0 aliphatic heterocycles. The van der Waals surface area contributed by atoms with E-state index in [9.17, 15) is 0 Å². The van der Waals surface area contributed by atoms with Crippen molar-refractivity contribution < 1.29 is 4.74 Å². The summed E-state index contributed by atoms with van der Waals surface area (Å²) in [5.74, 6) is 1.20. The molecule has 2 N–H and O–H groups in total. The number of aryl methyl sites for hydroxylation is 1. The third-order valence-corrected chi connectivity index (χ3v) is 3.61. The van der Waals surface area contributed by atoms with E-state index in [1.807, 2.05) is 31.2 Å². The van der Waals surface area contributed by atoms with Gasteiger partial charge in [0.15, 0.2) is 5.82 Å². The van der Waals surface area contributed by atoms with E-state index >= 15 is 0 Å². The highest BCUT2D eigenvalue weighted by Crippen LogP contribution is 2.16. The smallest absolute Gasteiger partial charge is 0.231 e. The number of benzene rings is 1. The molecule has 3 aromatic rings. The Morgan fingerprint density at radius 1 is 1.16 bits per heavy atom. The first-order chi connectivity index (χ1) is 12.1. The average Bonchev–Trinajstić information content (AvgIpc) is 2.63. The second kappa shape index (κ2) is 7.04. The van der Waals surface area contributed by atoms with E-state index < -0.39 is 0 Å². The van der Waals surface area contributed by atoms with E-state index in [1.54, 1.807) is 24.5 Å². The number of rotatable bonds is 4. The van der Waals surface area contributed by atoms with Crippen LogP contribution in [0.1, 0.15) is 11.1 Å². The van der Waals surface area contributed by atoms with E-state index in [0.29, 0.717) is 18.1 Å². The number of hydrogen-bond acceptors (Lipinski definition) is 6. The minimum Gasteiger partial charge on any atom is -0.480 e. The lowest BCUT2D eigenvalue weighted by Crippen LogP contribution is -2.30. The van der Waals surface area contributed by atoms with Gasteiger partial charge in [-0.15, -0.1) is 5.10 Å². The first kappa shape index (κ1) is 16.5. The molecule has 0 unspecified atom stereocenters. The Labute approximate surface area is 145 Å². The SMILES string of the molecule is COc1ccc(=N)n(C(=N)Cc2cccc(-c3ncc(C)cn3)c2)n1. The summed E-state index contributed by atoms with van der Waals surface area (Å²) in [6.45, 7) is 1.94. The second-order valence-corrected chi connectivity index (χ2v) is 5.58. The Kier molecular flexibility index (Phi) is 4.65. The lowest BCUT2D eigenvalue weighted by Gasteiger charge is -2.09. The van der Waals surface area contributed by atoms with Crippen LogP contribution in [0.4, 0.5) is 0 Å². The van der Waals surface area contributed by atoms with Crippen LogP contribution < -0.4 is 10.2 Å². The Balaban J connectivity index is 1.86. The minimum absolute atomic E-state index is 0.129. The van der Waals surface area contributed by atoms with Gasteiger partial charge in [-0.2, -0.15) is 4.68 Å². The van der Waals surface area contributed by atoms with Crippen LogP contribution in [0.25, 0.3) is 11.4 Å². The molecule has 0 saturated heterocycles. The lowest BCUT2D eigenvalue weighted by atomic mass is 10.1. The van der Waals surface area contributed by atoms with Crippen LogP contribution in [-0.2, 0) is 6.42 Å². The Morgan fingerprint density at radius 3 is 2.64 bits per heavy atom. The van der Waals surface area contributed by atoms with Crippen LogP contribution in [-0.4, -0.2) is 32.7 Å². The normalized spacial score (nSPS) is 10.5. The molecule has 0 spiro atoms. The van der Waals surface area contributed by atoms with E-state index in [2.05, 4.69) is 15.1 Å². The van der Waals surface area contributed by atoms with Gasteiger partial charge >= 0.3 is 0 Å². The lowest BCUT2D eigenvalue weighted by molar-refractivity contribution is 0.386. The van der Waals surface area contributed by atoms with Crippen molar-refractivity contribution in [1.82, 2.24) is 19.7 Å². The molecule has 0 fully saturated rings. The largest absolute Gasteiger partial charge is 0.480 e. The first-order valence-electron chi connectivity index (χ1n) is 7.71. The zero-order chi connectivity index (χ0) is 17.8. The summed E-state index contributed by atoms with van der Waals surface area (Å²) < 4.78 is 6.33. The van der Waals surface area contributed by atoms with Crippen LogP contribution in [0.3, 0.4) is 0 Å². The average molecular weight is 334 g/mol. The number of hydrogen-bond donors (Lipinski definition) is 2. The minimum atomic E-state index is 0.129. The summed E-state index contributed by atoms with van der Waals surface area (Å²) in [6.07, 6.45) is 3.88. The van der Waals surface area contributed by atoms with E-state index in [4.69, 9.17) is 15.6 Å². The molecule has 0 bridgehead atoms. The maximum absolute atomic E-state index is 8.28. The molecular formula is C18H18N6O. The molecule has 2 heterocycles. The van der Waals surface area contributed by atoms with Gasteiger partial charge in [-0.3, -0.25) is 10.8 Å². The fourth-order valence-electron chi connectivity index (χ4n) is 2.35. The summed E-state index contributed by atoms with van der Waals surface area (Å²) >= 11 is 0. The molecule has 25 heavy (non-hydrogen) atoms. The molecule has 0 atom stereocenters. The van der Waals surface area contributed by atoms with Crippen molar-refractivity contribution in [2.45, 2.75) is 13.3 Å². The number of nitrogens with zero attached hydrogens (tertiary/aromatic N) is 4. The highest BCUT2D eigenvalue weighted by atomic mass is 16.5. The fraction of sp³-hybridized carbons (Fsp3) is 0.167. The molecule has 126 valence electrons. The maximum atomic E-state index is 8.28. The van der Waals surface area contributed by atoms with Crippen molar-refractivity contribution in [2.24, 2.45) is 0 Å². The van der Waals surface area contributed by atoms with Gasteiger partial charge in [0, 0.05) is 30.4 Å². The van der Waals surface area contributed by atoms with Crippen molar-refractivity contribution >= 4 is 5.84 Å². The van der Waals surface area contributed by atoms with Gasteiger partial charge in [0.05, 0.1) is 7.11 Å². The molecule has 0 aliphatic rings. The molecular weight excluding hydrogens is 316 g/mol. The molecule has 0 amide bonds. The van der Waals surface area contributed by atoms with Crippen molar-refractivity contribution in [3.8, 4) is 17.3 Å². The highest BCUT2D eigenvalue weighted by Gasteiger charge is 2.08. The van der Waals surface area contributed by atoms with Gasteiger partial charge in [-0.25, -0.2) is 9.97 Å². The predicted octanol–water partition coefficient (Wildman–Crippen LogP) is 2.20. The quantitative estimate of drug-likeness (QED) is 0.564. The third-order valence-electron chi connectivity index (χ3n) is 3.61. The monoisotopic (exact) mass is 334 g/mol. The number of ether oxygens (including phenoxy) is 1. The van der Waals surface area contributed by atoms with E-state index in [-0.39, 0.29) is 11.3 Å². The Morgan fingerprint density at radius 2 is 1.92 bits per heavy atom. The molecule has 0 saturated carbocycles. The van der Waals surface area contributed by atoms with Crippen molar-refractivity contribution in [1.29, 1.82) is 10.8 Å². The van der Waals surface area contributed by atoms with Crippen LogP contribution in [0.2, 0.25) is 0 Å². The third kappa shape index (κ3) is 3.77. The molecule has 2 aromatic heterocycles. The van der Waals surface area contributed by atoms with Gasteiger partial charge < -0.3 is 4.74 Å². The van der Waals surface area contributed by atoms with Gasteiger partial charge in [-0.05, 0) is 30.2 Å². The van der Waals surface area contributed by atoms with Crippen molar-refractivity contribution in [2.75, 3.05) is 7.11 Å². The van der Waals surface area contributed by atoms with Crippen LogP contribution in [0.5, 0.6) is 5.88 Å². The summed E-state index contributed by atoms with van der Waals surface area (Å²) in [4.78, 5) is 8.67. The summed E-state index contributed by atoms with van der Waals surface area (Å²) in [5.41, 5.74) is 2.94. The highest BCUT2D eigenvalue weighted by molar-refractivity contribution is 5.83. The van der Waals surface area contributed by atoms with Gasteiger partial charge in [0.2, 0.25) is 5.88 Å². The van der Waals surface area contributed by atoms with Crippen LogP contribution >= 0.6 is 0 Å². The van der Waals surface area contributed by atoms with Crippen molar-refractivity contribution in [3.05, 3.63) is 65.4 Å². The molecule has 7 heteroatoms. The van der Waals surface area contributed by atoms with Crippen LogP contribution in [0, 0.1) is 17.7 Å². The Hall–Kier alpha value is -3.35.